The van der Waals surface area contributed by atoms with Crippen molar-refractivity contribution in [1.29, 1.82) is 0 Å². The topological polar surface area (TPSA) is 37.3 Å². The summed E-state index contributed by atoms with van der Waals surface area (Å²) < 4.78 is 0. The molecule has 4 saturated carbocycles. The Balaban J connectivity index is 1.51. The van der Waals surface area contributed by atoms with Crippen molar-refractivity contribution in [1.82, 2.24) is 0 Å². The third kappa shape index (κ3) is 3.22. The molecule has 0 saturated heterocycles. The second kappa shape index (κ2) is 7.15. The number of hydrogen-bond acceptors (Lipinski definition) is 2. The predicted molar refractivity (Wildman–Crippen MR) is 110 cm³/mol. The Hall–Kier alpha value is -0.370. The Morgan fingerprint density at radius 1 is 1.00 bits per heavy atom. The Morgan fingerprint density at radius 2 is 1.70 bits per heavy atom. The van der Waals surface area contributed by atoms with Crippen LogP contribution in [0.5, 0.6) is 0 Å². The molecular weight excluding hydrogens is 332 g/mol. The van der Waals surface area contributed by atoms with Gasteiger partial charge in [-0.05, 0) is 117 Å². The molecule has 2 nitrogen and oxygen atoms in total. The number of carbonyl (C=O) groups excluding carboxylic acids is 1. The van der Waals surface area contributed by atoms with Crippen LogP contribution in [0.3, 0.4) is 0 Å². The first kappa shape index (κ1) is 19.9. The van der Waals surface area contributed by atoms with Gasteiger partial charge in [0, 0.05) is 6.42 Å². The van der Waals surface area contributed by atoms with Crippen molar-refractivity contribution in [2.75, 3.05) is 0 Å². The van der Waals surface area contributed by atoms with Gasteiger partial charge in [0.25, 0.3) is 0 Å². The van der Waals surface area contributed by atoms with Crippen molar-refractivity contribution >= 4 is 5.78 Å². The van der Waals surface area contributed by atoms with E-state index in [2.05, 4.69) is 20.8 Å². The second-order valence-electron chi connectivity index (χ2n) is 11.5. The van der Waals surface area contributed by atoms with E-state index in [1.165, 1.54) is 44.9 Å². The summed E-state index contributed by atoms with van der Waals surface area (Å²) in [5.41, 5.74) is 0.997. The van der Waals surface area contributed by atoms with Gasteiger partial charge in [0.05, 0.1) is 6.10 Å². The van der Waals surface area contributed by atoms with Crippen molar-refractivity contribution in [3.8, 4) is 0 Å². The van der Waals surface area contributed by atoms with Crippen molar-refractivity contribution < 1.29 is 9.90 Å². The van der Waals surface area contributed by atoms with Gasteiger partial charge in [-0.25, -0.2) is 0 Å². The van der Waals surface area contributed by atoms with Crippen molar-refractivity contribution in [3.63, 3.8) is 0 Å². The lowest BCUT2D eigenvalue weighted by atomic mass is 9.44. The van der Waals surface area contributed by atoms with Gasteiger partial charge in [-0.2, -0.15) is 0 Å². The molecule has 0 aromatic carbocycles. The molecule has 0 heterocycles. The van der Waals surface area contributed by atoms with Crippen LogP contribution in [-0.2, 0) is 4.79 Å². The summed E-state index contributed by atoms with van der Waals surface area (Å²) in [6.45, 7) is 9.38. The van der Waals surface area contributed by atoms with Crippen molar-refractivity contribution in [3.05, 3.63) is 0 Å². The summed E-state index contributed by atoms with van der Waals surface area (Å²) >= 11 is 0. The third-order valence-electron chi connectivity index (χ3n) is 10.4. The number of fused-ring (bicyclic) bond motifs is 5. The number of ketones is 1. The minimum absolute atomic E-state index is 0.0357. The van der Waals surface area contributed by atoms with E-state index >= 15 is 0 Å². The Kier molecular flexibility index (Phi) is 5.28. The normalized spacial score (nSPS) is 50.4. The molecule has 2 heteroatoms. The monoisotopic (exact) mass is 374 g/mol. The summed E-state index contributed by atoms with van der Waals surface area (Å²) in [5, 5.41) is 10.2. The zero-order valence-electron chi connectivity index (χ0n) is 18.2. The Morgan fingerprint density at radius 3 is 2.44 bits per heavy atom. The van der Waals surface area contributed by atoms with Gasteiger partial charge in [-0.1, -0.05) is 20.8 Å². The molecule has 0 bridgehead atoms. The molecule has 0 unspecified atom stereocenters. The average molecular weight is 375 g/mol. The van der Waals surface area contributed by atoms with Crippen LogP contribution in [0.1, 0.15) is 98.3 Å². The zero-order valence-corrected chi connectivity index (χ0v) is 18.2. The first-order valence-corrected chi connectivity index (χ1v) is 11.9. The molecule has 0 spiro atoms. The lowest BCUT2D eigenvalue weighted by Gasteiger charge is -2.61. The minimum Gasteiger partial charge on any atom is -0.393 e. The quantitative estimate of drug-likeness (QED) is 0.654. The standard InChI is InChI=1S/C25H42O2/c1-16(5-6-17(2)26)21-9-10-22-20-8-7-18-15-19(27)11-13-24(18,3)23(20)12-14-25(21,22)4/h16,18-23,27H,5-15H2,1-4H3/t16-,18-,19-,20+,21-,22+,23+,24+,25-/m1/s1. The predicted octanol–water partition coefficient (Wildman–Crippen LogP) is 6.01. The fraction of sp³-hybridized carbons (Fsp3) is 0.960. The summed E-state index contributed by atoms with van der Waals surface area (Å²) in [6.07, 6.45) is 13.6. The van der Waals surface area contributed by atoms with Crippen LogP contribution in [0.25, 0.3) is 0 Å². The van der Waals surface area contributed by atoms with E-state index in [-0.39, 0.29) is 6.10 Å². The number of carbonyl (C=O) groups is 1. The maximum atomic E-state index is 11.5. The van der Waals surface area contributed by atoms with E-state index in [9.17, 15) is 9.90 Å². The first-order valence-electron chi connectivity index (χ1n) is 11.9. The molecule has 0 amide bonds. The maximum Gasteiger partial charge on any atom is 0.129 e. The highest BCUT2D eigenvalue weighted by Crippen LogP contribution is 2.68. The van der Waals surface area contributed by atoms with E-state index < -0.39 is 0 Å². The third-order valence-corrected chi connectivity index (χ3v) is 10.4. The fourth-order valence-electron chi connectivity index (χ4n) is 8.84. The smallest absolute Gasteiger partial charge is 0.129 e. The van der Waals surface area contributed by atoms with Crippen LogP contribution in [0, 0.1) is 46.3 Å². The highest BCUT2D eigenvalue weighted by Gasteiger charge is 2.60. The second-order valence-corrected chi connectivity index (χ2v) is 11.5. The first-order chi connectivity index (χ1) is 12.8. The molecular formula is C25H42O2. The molecule has 27 heavy (non-hydrogen) atoms. The molecule has 0 aliphatic heterocycles. The number of aliphatic hydroxyl groups excluding tert-OH is 1. The van der Waals surface area contributed by atoms with Gasteiger partial charge in [0.15, 0.2) is 0 Å². The molecule has 4 aliphatic carbocycles. The summed E-state index contributed by atoms with van der Waals surface area (Å²) in [6, 6.07) is 0. The average Bonchev–Trinajstić information content (AvgIpc) is 2.97. The highest BCUT2D eigenvalue weighted by atomic mass is 16.3. The highest BCUT2D eigenvalue weighted by molar-refractivity contribution is 5.75. The van der Waals surface area contributed by atoms with E-state index in [0.29, 0.717) is 22.5 Å². The van der Waals surface area contributed by atoms with Crippen LogP contribution < -0.4 is 0 Å². The van der Waals surface area contributed by atoms with Gasteiger partial charge in [0.2, 0.25) is 0 Å². The van der Waals surface area contributed by atoms with Gasteiger partial charge in [-0.15, -0.1) is 0 Å². The SMILES string of the molecule is CC(=O)CC[C@@H](C)[C@H]1CC[C@H]2[C@@H]3CC[C@@H]4C[C@H](O)CC[C@]4(C)[C@H]3CC[C@]12C. The van der Waals surface area contributed by atoms with Crippen molar-refractivity contribution in [2.24, 2.45) is 46.3 Å². The minimum atomic E-state index is -0.0357. The lowest BCUT2D eigenvalue weighted by molar-refractivity contribution is -0.129. The van der Waals surface area contributed by atoms with E-state index in [1.54, 1.807) is 6.92 Å². The largest absolute Gasteiger partial charge is 0.393 e. The van der Waals surface area contributed by atoms with Gasteiger partial charge in [-0.3, -0.25) is 0 Å². The van der Waals surface area contributed by atoms with Crippen molar-refractivity contribution in [2.45, 2.75) is 104 Å². The number of Topliss-reactive ketones (excluding diaryl/α,β-unsaturated/α-hetero) is 1. The van der Waals surface area contributed by atoms with Crippen LogP contribution in [0.4, 0.5) is 0 Å². The van der Waals surface area contributed by atoms with Gasteiger partial charge >= 0.3 is 0 Å². The zero-order chi connectivity index (χ0) is 19.4. The molecule has 1 N–H and O–H groups in total. The van der Waals surface area contributed by atoms with Crippen LogP contribution >= 0.6 is 0 Å². The van der Waals surface area contributed by atoms with Gasteiger partial charge in [0.1, 0.15) is 5.78 Å². The summed E-state index contributed by atoms with van der Waals surface area (Å²) in [4.78, 5) is 11.5. The van der Waals surface area contributed by atoms with E-state index in [0.717, 1.165) is 55.3 Å². The number of hydrogen-bond donors (Lipinski definition) is 1. The van der Waals surface area contributed by atoms with Gasteiger partial charge < -0.3 is 9.90 Å². The number of aliphatic hydroxyl groups is 1. The molecule has 4 rings (SSSR count). The van der Waals surface area contributed by atoms with Crippen LogP contribution in [0.15, 0.2) is 0 Å². The molecule has 4 aliphatic rings. The molecule has 0 aromatic rings. The van der Waals surface area contributed by atoms with E-state index in [4.69, 9.17) is 0 Å². The number of rotatable bonds is 4. The Bertz CT molecular complexity index is 571. The molecule has 0 aromatic heterocycles. The lowest BCUT2D eigenvalue weighted by Crippen LogP contribution is -2.54. The summed E-state index contributed by atoms with van der Waals surface area (Å²) in [7, 11) is 0. The summed E-state index contributed by atoms with van der Waals surface area (Å²) in [5.74, 6) is 5.36. The van der Waals surface area contributed by atoms with E-state index in [1.807, 2.05) is 0 Å². The molecule has 0 radical (unpaired) electrons. The van der Waals surface area contributed by atoms with Crippen LogP contribution in [0.2, 0.25) is 0 Å². The van der Waals surface area contributed by atoms with Crippen LogP contribution in [-0.4, -0.2) is 17.0 Å². The fourth-order valence-corrected chi connectivity index (χ4v) is 8.84. The Labute approximate surface area is 166 Å². The maximum absolute atomic E-state index is 11.5. The molecule has 154 valence electrons. The molecule has 9 atom stereocenters. The molecule has 4 fully saturated rings.